The molecule has 2 N–H and O–H groups in total. The van der Waals surface area contributed by atoms with Crippen molar-refractivity contribution in [1.82, 2.24) is 4.72 Å². The normalized spacial score (nSPS) is 14.5. The first kappa shape index (κ1) is 17.4. The molecule has 21 heavy (non-hydrogen) atoms. The summed E-state index contributed by atoms with van der Waals surface area (Å²) in [4.78, 5) is 10.5. The number of benzene rings is 1. The fourth-order valence-corrected chi connectivity index (χ4v) is 3.08. The van der Waals surface area contributed by atoms with Crippen molar-refractivity contribution in [2.24, 2.45) is 5.92 Å². The maximum atomic E-state index is 13.2. The van der Waals surface area contributed by atoms with Crippen molar-refractivity contribution in [1.29, 1.82) is 0 Å². The number of carbonyl (C=O) groups is 1. The molecule has 0 radical (unpaired) electrons. The van der Waals surface area contributed by atoms with Crippen LogP contribution in [-0.2, 0) is 14.8 Å². The van der Waals surface area contributed by atoms with Crippen molar-refractivity contribution < 1.29 is 27.4 Å². The number of hydrogen-bond donors (Lipinski definition) is 2. The Balaban J connectivity index is 2.85. The third-order valence-corrected chi connectivity index (χ3v) is 4.59. The standard InChI is InChI=1S/C13H18FNO5S/c1-8-6-10(20-3)4-5-11(8)21(18,19)15-7-9(2)12(14)13(16)17/h4-6,9,12,15H,7H2,1-3H3,(H,16,17). The molecule has 0 aliphatic carbocycles. The van der Waals surface area contributed by atoms with E-state index in [0.717, 1.165) is 0 Å². The average molecular weight is 319 g/mol. The minimum absolute atomic E-state index is 0.0428. The molecule has 118 valence electrons. The predicted octanol–water partition coefficient (Wildman–Crippen LogP) is 1.34. The number of aryl methyl sites for hydroxylation is 1. The van der Waals surface area contributed by atoms with Crippen molar-refractivity contribution in [3.63, 3.8) is 0 Å². The third-order valence-electron chi connectivity index (χ3n) is 3.00. The van der Waals surface area contributed by atoms with Gasteiger partial charge >= 0.3 is 5.97 Å². The lowest BCUT2D eigenvalue weighted by atomic mass is 10.1. The van der Waals surface area contributed by atoms with Gasteiger partial charge in [0, 0.05) is 12.5 Å². The van der Waals surface area contributed by atoms with E-state index < -0.39 is 28.1 Å². The van der Waals surface area contributed by atoms with E-state index in [2.05, 4.69) is 4.72 Å². The van der Waals surface area contributed by atoms with Crippen LogP contribution in [0.5, 0.6) is 5.75 Å². The SMILES string of the molecule is COc1ccc(S(=O)(=O)NCC(C)C(F)C(=O)O)c(C)c1. The third kappa shape index (κ3) is 4.40. The van der Waals surface area contributed by atoms with Gasteiger partial charge in [0.2, 0.25) is 16.2 Å². The Labute approximate surface area is 123 Å². The monoisotopic (exact) mass is 319 g/mol. The van der Waals surface area contributed by atoms with Crippen LogP contribution in [0.2, 0.25) is 0 Å². The van der Waals surface area contributed by atoms with Crippen LogP contribution in [0, 0.1) is 12.8 Å². The molecule has 0 bridgehead atoms. The van der Waals surface area contributed by atoms with Gasteiger partial charge in [-0.3, -0.25) is 0 Å². The minimum atomic E-state index is -3.84. The number of methoxy groups -OCH3 is 1. The first-order valence-corrected chi connectivity index (χ1v) is 7.68. The lowest BCUT2D eigenvalue weighted by Gasteiger charge is -2.15. The number of sulfonamides is 1. The average Bonchev–Trinajstić information content (AvgIpc) is 2.43. The Hall–Kier alpha value is -1.67. The van der Waals surface area contributed by atoms with E-state index in [1.54, 1.807) is 13.0 Å². The van der Waals surface area contributed by atoms with Crippen LogP contribution >= 0.6 is 0 Å². The summed E-state index contributed by atoms with van der Waals surface area (Å²) in [5.41, 5.74) is 0.476. The summed E-state index contributed by atoms with van der Waals surface area (Å²) in [5, 5.41) is 8.53. The van der Waals surface area contributed by atoms with Gasteiger partial charge in [0.1, 0.15) is 5.75 Å². The summed E-state index contributed by atoms with van der Waals surface area (Å²) in [6.45, 7) is 2.62. The molecule has 0 aliphatic rings. The number of nitrogens with one attached hydrogen (secondary N) is 1. The Morgan fingerprint density at radius 3 is 2.57 bits per heavy atom. The molecule has 0 aliphatic heterocycles. The number of ether oxygens (including phenoxy) is 1. The molecule has 1 aromatic rings. The molecule has 0 spiro atoms. The van der Waals surface area contributed by atoms with Crippen molar-refractivity contribution in [2.45, 2.75) is 24.9 Å². The fraction of sp³-hybridized carbons (Fsp3) is 0.462. The molecule has 2 atom stereocenters. The Kier molecular flexibility index (Phi) is 5.68. The highest BCUT2D eigenvalue weighted by Gasteiger charge is 2.26. The van der Waals surface area contributed by atoms with Crippen molar-refractivity contribution in [2.75, 3.05) is 13.7 Å². The van der Waals surface area contributed by atoms with Crippen molar-refractivity contribution >= 4 is 16.0 Å². The lowest BCUT2D eigenvalue weighted by molar-refractivity contribution is -0.144. The number of carboxylic acid groups (broad SMARTS) is 1. The molecule has 0 fully saturated rings. The maximum Gasteiger partial charge on any atom is 0.338 e. The van der Waals surface area contributed by atoms with Gasteiger partial charge < -0.3 is 9.84 Å². The second-order valence-corrected chi connectivity index (χ2v) is 6.44. The van der Waals surface area contributed by atoms with Crippen molar-refractivity contribution in [3.05, 3.63) is 23.8 Å². The van der Waals surface area contributed by atoms with Crippen LogP contribution in [0.3, 0.4) is 0 Å². The van der Waals surface area contributed by atoms with E-state index in [0.29, 0.717) is 11.3 Å². The van der Waals surface area contributed by atoms with Gasteiger partial charge in [-0.25, -0.2) is 22.3 Å². The van der Waals surface area contributed by atoms with E-state index in [1.807, 2.05) is 0 Å². The van der Waals surface area contributed by atoms with Crippen LogP contribution in [-0.4, -0.2) is 39.3 Å². The van der Waals surface area contributed by atoms with Crippen LogP contribution in [0.4, 0.5) is 4.39 Å². The number of aliphatic carboxylic acids is 1. The molecule has 0 amide bonds. The summed E-state index contributed by atoms with van der Waals surface area (Å²) in [7, 11) is -2.37. The molecule has 1 aromatic carbocycles. The molecule has 2 unspecified atom stereocenters. The summed E-state index contributed by atoms with van der Waals surface area (Å²) < 4.78 is 44.7. The minimum Gasteiger partial charge on any atom is -0.497 e. The zero-order valence-electron chi connectivity index (χ0n) is 12.0. The molecule has 0 heterocycles. The van der Waals surface area contributed by atoms with E-state index in [9.17, 15) is 17.6 Å². The van der Waals surface area contributed by atoms with Crippen LogP contribution < -0.4 is 9.46 Å². The molecule has 6 nitrogen and oxygen atoms in total. The molecule has 8 heteroatoms. The zero-order valence-corrected chi connectivity index (χ0v) is 12.8. The second-order valence-electron chi connectivity index (χ2n) is 4.70. The lowest BCUT2D eigenvalue weighted by Crippen LogP contribution is -2.35. The number of rotatable bonds is 7. The van der Waals surface area contributed by atoms with Gasteiger partial charge in [-0.1, -0.05) is 6.92 Å². The summed E-state index contributed by atoms with van der Waals surface area (Å²) in [6.07, 6.45) is -2.12. The van der Waals surface area contributed by atoms with Gasteiger partial charge in [-0.05, 0) is 30.7 Å². The van der Waals surface area contributed by atoms with E-state index in [4.69, 9.17) is 9.84 Å². The molecule has 0 saturated carbocycles. The largest absolute Gasteiger partial charge is 0.497 e. The van der Waals surface area contributed by atoms with Gasteiger partial charge in [0.25, 0.3) is 0 Å². The smallest absolute Gasteiger partial charge is 0.338 e. The van der Waals surface area contributed by atoms with Crippen LogP contribution in [0.1, 0.15) is 12.5 Å². The van der Waals surface area contributed by atoms with Gasteiger partial charge in [0.05, 0.1) is 12.0 Å². The van der Waals surface area contributed by atoms with Crippen LogP contribution in [0.15, 0.2) is 23.1 Å². The summed E-state index contributed by atoms with van der Waals surface area (Å²) in [6, 6.07) is 4.44. The van der Waals surface area contributed by atoms with Gasteiger partial charge in [0.15, 0.2) is 0 Å². The van der Waals surface area contributed by atoms with E-state index >= 15 is 0 Å². The topological polar surface area (TPSA) is 92.7 Å². The predicted molar refractivity (Wildman–Crippen MR) is 74.6 cm³/mol. The number of alkyl halides is 1. The Morgan fingerprint density at radius 2 is 2.10 bits per heavy atom. The maximum absolute atomic E-state index is 13.2. The fourth-order valence-electron chi connectivity index (χ4n) is 1.72. The van der Waals surface area contributed by atoms with E-state index in [-0.39, 0.29) is 11.4 Å². The summed E-state index contributed by atoms with van der Waals surface area (Å²) in [5.74, 6) is -2.06. The number of carboxylic acids is 1. The second kappa shape index (κ2) is 6.86. The van der Waals surface area contributed by atoms with Crippen LogP contribution in [0.25, 0.3) is 0 Å². The van der Waals surface area contributed by atoms with Gasteiger partial charge in [-0.2, -0.15) is 0 Å². The number of halogens is 1. The highest BCUT2D eigenvalue weighted by molar-refractivity contribution is 7.89. The Morgan fingerprint density at radius 1 is 1.48 bits per heavy atom. The quantitative estimate of drug-likeness (QED) is 0.791. The number of hydrogen-bond acceptors (Lipinski definition) is 4. The molecular formula is C13H18FNO5S. The highest BCUT2D eigenvalue weighted by Crippen LogP contribution is 2.21. The molecule has 0 saturated heterocycles. The van der Waals surface area contributed by atoms with Crippen molar-refractivity contribution in [3.8, 4) is 5.75 Å². The zero-order chi connectivity index (χ0) is 16.2. The van der Waals surface area contributed by atoms with Gasteiger partial charge in [-0.15, -0.1) is 0 Å². The Bertz CT molecular complexity index is 617. The molecular weight excluding hydrogens is 301 g/mol. The molecule has 0 aromatic heterocycles. The summed E-state index contributed by atoms with van der Waals surface area (Å²) >= 11 is 0. The highest BCUT2D eigenvalue weighted by atomic mass is 32.2. The van der Waals surface area contributed by atoms with E-state index in [1.165, 1.54) is 26.2 Å². The first-order chi connectivity index (χ1) is 9.69. The first-order valence-electron chi connectivity index (χ1n) is 6.20. The molecule has 1 rings (SSSR count).